The molecular weight excluding hydrogens is 534 g/mol. The summed E-state index contributed by atoms with van der Waals surface area (Å²) in [6.07, 6.45) is -1.56. The standard InChI is InChI=1S/C22H34F3N5O.HI/c1-5-26-21(29(4)16-17-9-11-18(12-10-17)22(23,24)25)27-13-7-15-30-14-6-8-19(30)20(31)28(2)3;/h9-12,19H,5-8,13-16H2,1-4H3,(H,26,27);1H. The molecule has 182 valence electrons. The van der Waals surface area contributed by atoms with Gasteiger partial charge >= 0.3 is 6.18 Å². The Morgan fingerprint density at radius 1 is 1.22 bits per heavy atom. The summed E-state index contributed by atoms with van der Waals surface area (Å²) in [5.41, 5.74) is 0.135. The molecule has 0 aliphatic carbocycles. The summed E-state index contributed by atoms with van der Waals surface area (Å²) in [5.74, 6) is 0.871. The van der Waals surface area contributed by atoms with E-state index in [1.54, 1.807) is 19.0 Å². The zero-order chi connectivity index (χ0) is 23.0. The number of alkyl halides is 3. The smallest absolute Gasteiger partial charge is 0.357 e. The summed E-state index contributed by atoms with van der Waals surface area (Å²) in [4.78, 5) is 22.7. The van der Waals surface area contributed by atoms with E-state index in [-0.39, 0.29) is 35.9 Å². The maximum Gasteiger partial charge on any atom is 0.416 e. The minimum Gasteiger partial charge on any atom is -0.357 e. The third kappa shape index (κ3) is 8.42. The van der Waals surface area contributed by atoms with Gasteiger partial charge in [-0.1, -0.05) is 12.1 Å². The lowest BCUT2D eigenvalue weighted by atomic mass is 10.1. The van der Waals surface area contributed by atoms with Crippen LogP contribution >= 0.6 is 24.0 Å². The molecule has 2 rings (SSSR count). The molecule has 1 aliphatic rings. The summed E-state index contributed by atoms with van der Waals surface area (Å²) in [6, 6.07) is 5.18. The van der Waals surface area contributed by atoms with Gasteiger partial charge in [0.1, 0.15) is 0 Å². The van der Waals surface area contributed by atoms with Crippen LogP contribution in [0.25, 0.3) is 0 Å². The van der Waals surface area contributed by atoms with Crippen molar-refractivity contribution in [1.29, 1.82) is 0 Å². The largest absolute Gasteiger partial charge is 0.416 e. The van der Waals surface area contributed by atoms with Crippen LogP contribution in [0.4, 0.5) is 13.2 Å². The van der Waals surface area contributed by atoms with Gasteiger partial charge in [-0.25, -0.2) is 0 Å². The van der Waals surface area contributed by atoms with Crippen molar-refractivity contribution in [3.8, 4) is 0 Å². The highest BCUT2D eigenvalue weighted by molar-refractivity contribution is 14.0. The first-order valence-corrected chi connectivity index (χ1v) is 10.7. The molecular formula is C22H35F3IN5O. The number of likely N-dealkylation sites (N-methyl/N-ethyl adjacent to an activating group) is 1. The van der Waals surface area contributed by atoms with Crippen LogP contribution in [0.1, 0.15) is 37.3 Å². The monoisotopic (exact) mass is 569 g/mol. The van der Waals surface area contributed by atoms with Crippen LogP contribution in [0.5, 0.6) is 0 Å². The second-order valence-corrected chi connectivity index (χ2v) is 8.07. The molecule has 1 saturated heterocycles. The first-order chi connectivity index (χ1) is 14.6. The molecule has 1 aromatic rings. The molecule has 1 heterocycles. The fourth-order valence-electron chi connectivity index (χ4n) is 3.75. The molecule has 1 atom stereocenters. The van der Waals surface area contributed by atoms with Crippen molar-refractivity contribution < 1.29 is 18.0 Å². The second-order valence-electron chi connectivity index (χ2n) is 8.07. The first-order valence-electron chi connectivity index (χ1n) is 10.7. The zero-order valence-electron chi connectivity index (χ0n) is 19.3. The Bertz CT molecular complexity index is 740. The molecule has 1 aromatic carbocycles. The van der Waals surface area contributed by atoms with Gasteiger partial charge in [-0.15, -0.1) is 24.0 Å². The van der Waals surface area contributed by atoms with Crippen molar-refractivity contribution in [2.75, 3.05) is 47.3 Å². The number of carbonyl (C=O) groups is 1. The van der Waals surface area contributed by atoms with E-state index >= 15 is 0 Å². The molecule has 10 heteroatoms. The maximum atomic E-state index is 12.7. The predicted molar refractivity (Wildman–Crippen MR) is 132 cm³/mol. The van der Waals surface area contributed by atoms with E-state index in [1.807, 2.05) is 18.9 Å². The van der Waals surface area contributed by atoms with Gasteiger partial charge in [-0.3, -0.25) is 14.7 Å². The zero-order valence-corrected chi connectivity index (χ0v) is 21.6. The number of nitrogens with one attached hydrogen (secondary N) is 1. The number of hydrogen-bond acceptors (Lipinski definition) is 3. The van der Waals surface area contributed by atoms with E-state index in [0.717, 1.165) is 50.0 Å². The lowest BCUT2D eigenvalue weighted by Crippen LogP contribution is -2.43. The summed E-state index contributed by atoms with van der Waals surface area (Å²) >= 11 is 0. The van der Waals surface area contributed by atoms with E-state index < -0.39 is 11.7 Å². The number of rotatable bonds is 8. The minimum atomic E-state index is -4.33. The lowest BCUT2D eigenvalue weighted by molar-refractivity contribution is -0.137. The topological polar surface area (TPSA) is 51.2 Å². The quantitative estimate of drug-likeness (QED) is 0.225. The van der Waals surface area contributed by atoms with Crippen LogP contribution in [0.15, 0.2) is 29.3 Å². The summed E-state index contributed by atoms with van der Waals surface area (Å²) in [7, 11) is 5.45. The molecule has 0 bridgehead atoms. The Hall–Kier alpha value is -1.56. The Morgan fingerprint density at radius 3 is 2.44 bits per heavy atom. The number of likely N-dealkylation sites (tertiary alicyclic amines) is 1. The number of amides is 1. The van der Waals surface area contributed by atoms with Crippen LogP contribution in [0, 0.1) is 0 Å². The number of benzene rings is 1. The second kappa shape index (κ2) is 13.2. The van der Waals surface area contributed by atoms with Crippen LogP contribution in [0.2, 0.25) is 0 Å². The summed E-state index contributed by atoms with van der Waals surface area (Å²) in [5, 5.41) is 3.23. The third-order valence-corrected chi connectivity index (χ3v) is 5.35. The van der Waals surface area contributed by atoms with Crippen molar-refractivity contribution in [3.63, 3.8) is 0 Å². The molecule has 1 amide bonds. The highest BCUT2D eigenvalue weighted by Crippen LogP contribution is 2.29. The average Bonchev–Trinajstić information content (AvgIpc) is 3.17. The Morgan fingerprint density at radius 2 is 1.88 bits per heavy atom. The normalized spacial score (nSPS) is 17.1. The van der Waals surface area contributed by atoms with Crippen molar-refractivity contribution >= 4 is 35.8 Å². The van der Waals surface area contributed by atoms with Gasteiger partial charge in [-0.2, -0.15) is 13.2 Å². The Labute approximate surface area is 206 Å². The van der Waals surface area contributed by atoms with Crippen molar-refractivity contribution in [2.45, 2.75) is 44.9 Å². The fourth-order valence-corrected chi connectivity index (χ4v) is 3.75. The van der Waals surface area contributed by atoms with E-state index in [9.17, 15) is 18.0 Å². The van der Waals surface area contributed by atoms with E-state index in [1.165, 1.54) is 12.1 Å². The van der Waals surface area contributed by atoms with Crippen LogP contribution in [-0.4, -0.2) is 79.9 Å². The van der Waals surface area contributed by atoms with Gasteiger partial charge in [0, 0.05) is 47.3 Å². The highest BCUT2D eigenvalue weighted by Gasteiger charge is 2.31. The van der Waals surface area contributed by atoms with Gasteiger partial charge in [0.2, 0.25) is 5.91 Å². The predicted octanol–water partition coefficient (Wildman–Crippen LogP) is 3.66. The molecule has 1 unspecified atom stereocenters. The number of carbonyl (C=O) groups excluding carboxylic acids is 1. The number of nitrogens with zero attached hydrogens (tertiary/aromatic N) is 4. The van der Waals surface area contributed by atoms with Gasteiger partial charge in [-0.05, 0) is 50.4 Å². The Kier molecular flexibility index (Phi) is 11.8. The number of aliphatic imine (C=N–C) groups is 1. The minimum absolute atomic E-state index is 0. The number of hydrogen-bond donors (Lipinski definition) is 1. The summed E-state index contributed by atoms with van der Waals surface area (Å²) in [6.45, 7) is 5.48. The highest BCUT2D eigenvalue weighted by atomic mass is 127. The SMILES string of the molecule is CCNC(=NCCCN1CCCC1C(=O)N(C)C)N(C)Cc1ccc(C(F)(F)F)cc1.I. The van der Waals surface area contributed by atoms with Gasteiger partial charge < -0.3 is 15.1 Å². The lowest BCUT2D eigenvalue weighted by Gasteiger charge is -2.26. The molecule has 0 aromatic heterocycles. The van der Waals surface area contributed by atoms with Gasteiger partial charge in [0.15, 0.2) is 5.96 Å². The third-order valence-electron chi connectivity index (χ3n) is 5.35. The molecule has 1 fully saturated rings. The van der Waals surface area contributed by atoms with E-state index in [2.05, 4.69) is 15.2 Å². The van der Waals surface area contributed by atoms with Crippen molar-refractivity contribution in [1.82, 2.24) is 20.0 Å². The van der Waals surface area contributed by atoms with Crippen molar-refractivity contribution in [3.05, 3.63) is 35.4 Å². The summed E-state index contributed by atoms with van der Waals surface area (Å²) < 4.78 is 38.2. The van der Waals surface area contributed by atoms with Gasteiger partial charge in [0.25, 0.3) is 0 Å². The Balaban J connectivity index is 0.00000512. The molecule has 1 N–H and O–H groups in total. The molecule has 32 heavy (non-hydrogen) atoms. The fraction of sp³-hybridized carbons (Fsp3) is 0.636. The van der Waals surface area contributed by atoms with Crippen LogP contribution < -0.4 is 5.32 Å². The molecule has 6 nitrogen and oxygen atoms in total. The molecule has 0 radical (unpaired) electrons. The van der Waals surface area contributed by atoms with E-state index in [4.69, 9.17) is 0 Å². The van der Waals surface area contributed by atoms with Gasteiger partial charge in [0.05, 0.1) is 11.6 Å². The van der Waals surface area contributed by atoms with E-state index in [0.29, 0.717) is 25.6 Å². The maximum absolute atomic E-state index is 12.7. The van der Waals surface area contributed by atoms with Crippen LogP contribution in [-0.2, 0) is 17.5 Å². The molecule has 0 spiro atoms. The molecule has 1 aliphatic heterocycles. The molecule has 0 saturated carbocycles. The van der Waals surface area contributed by atoms with Crippen molar-refractivity contribution in [2.24, 2.45) is 4.99 Å². The van der Waals surface area contributed by atoms with Crippen LogP contribution in [0.3, 0.4) is 0 Å². The number of halogens is 4. The average molecular weight is 569 g/mol. The number of guanidine groups is 1. The first kappa shape index (κ1) is 28.5.